The number of nitrogens with zero attached hydrogens (tertiary/aromatic N) is 2. The lowest BCUT2D eigenvalue weighted by molar-refractivity contribution is 0.598. The van der Waals surface area contributed by atoms with Gasteiger partial charge in [-0.15, -0.1) is 4.40 Å². The predicted octanol–water partition coefficient (Wildman–Crippen LogP) is 4.05. The summed E-state index contributed by atoms with van der Waals surface area (Å²) in [6.07, 6.45) is 2.09. The molecule has 2 rings (SSSR count). The van der Waals surface area contributed by atoms with E-state index >= 15 is 0 Å². The maximum Gasteiger partial charge on any atom is 0.284 e. The van der Waals surface area contributed by atoms with Crippen molar-refractivity contribution in [1.82, 2.24) is 0 Å². The van der Waals surface area contributed by atoms with Gasteiger partial charge in [-0.2, -0.15) is 8.42 Å². The summed E-state index contributed by atoms with van der Waals surface area (Å²) in [5.74, 6) is 1.50. The van der Waals surface area contributed by atoms with Gasteiger partial charge in [0.25, 0.3) is 13.8 Å². The van der Waals surface area contributed by atoms with E-state index in [1.807, 2.05) is 6.92 Å². The van der Waals surface area contributed by atoms with E-state index in [0.717, 1.165) is 29.9 Å². The lowest BCUT2D eigenvalue weighted by Crippen LogP contribution is -2.20. The minimum Gasteiger partial charge on any atom is -0.207 e. The number of halogens is 3. The van der Waals surface area contributed by atoms with E-state index in [4.69, 9.17) is 34.8 Å². The average molecular weight is 402 g/mol. The van der Waals surface area contributed by atoms with Gasteiger partial charge >= 0.3 is 0 Å². The molecular formula is C13H15Cl3N2O2S2. The van der Waals surface area contributed by atoms with Crippen LogP contribution in [0.15, 0.2) is 37.9 Å². The Morgan fingerprint density at radius 1 is 1.14 bits per heavy atom. The molecule has 1 heterocycles. The molecule has 9 heteroatoms. The normalized spacial score (nSPS) is 17.7. The number of hydrogen-bond donors (Lipinski definition) is 0. The van der Waals surface area contributed by atoms with E-state index in [0.29, 0.717) is 0 Å². The van der Waals surface area contributed by atoms with E-state index in [2.05, 4.69) is 8.76 Å². The summed E-state index contributed by atoms with van der Waals surface area (Å²) in [7, 11) is -4.28. The fraction of sp³-hybridized carbons (Fsp3) is 0.462. The maximum absolute atomic E-state index is 12.4. The van der Waals surface area contributed by atoms with Crippen LogP contribution in [0, 0.1) is 6.92 Å². The van der Waals surface area contributed by atoms with Crippen molar-refractivity contribution in [2.75, 3.05) is 11.5 Å². The zero-order valence-corrected chi connectivity index (χ0v) is 15.7. The van der Waals surface area contributed by atoms with E-state index in [1.54, 1.807) is 12.1 Å². The lowest BCUT2D eigenvalue weighted by Gasteiger charge is -2.11. The van der Waals surface area contributed by atoms with Gasteiger partial charge in [0, 0.05) is 11.5 Å². The Hall–Kier alpha value is -0.140. The highest BCUT2D eigenvalue weighted by molar-refractivity contribution is 7.90. The molecule has 0 saturated carbocycles. The highest BCUT2D eigenvalue weighted by Crippen LogP contribution is 2.31. The van der Waals surface area contributed by atoms with Gasteiger partial charge in [0.1, 0.15) is 0 Å². The molecule has 0 amide bonds. The Kier molecular flexibility index (Phi) is 5.94. The molecule has 1 aliphatic rings. The monoisotopic (exact) mass is 400 g/mol. The number of amidine groups is 1. The van der Waals surface area contributed by atoms with Crippen LogP contribution in [-0.2, 0) is 20.7 Å². The van der Waals surface area contributed by atoms with Gasteiger partial charge in [0.2, 0.25) is 5.84 Å². The van der Waals surface area contributed by atoms with Gasteiger partial charge in [0.05, 0.1) is 4.90 Å². The topological polar surface area (TPSA) is 58.9 Å². The number of rotatable bonds is 2. The van der Waals surface area contributed by atoms with Crippen molar-refractivity contribution in [2.24, 2.45) is 8.76 Å². The van der Waals surface area contributed by atoms with Crippen molar-refractivity contribution in [3.05, 3.63) is 29.8 Å². The first-order valence-corrected chi connectivity index (χ1v) is 10.7. The Labute approximate surface area is 148 Å². The second kappa shape index (κ2) is 7.18. The average Bonchev–Trinajstić information content (AvgIpc) is 2.90. The summed E-state index contributed by atoms with van der Waals surface area (Å²) < 4.78 is 30.7. The molecule has 0 aliphatic carbocycles. The molecule has 4 nitrogen and oxygen atoms in total. The van der Waals surface area contributed by atoms with Crippen molar-refractivity contribution in [1.29, 1.82) is 0 Å². The zero-order valence-electron chi connectivity index (χ0n) is 11.8. The summed E-state index contributed by atoms with van der Waals surface area (Å²) >= 11 is 17.5. The van der Waals surface area contributed by atoms with Gasteiger partial charge in [0.15, 0.2) is 0 Å². The number of hydrogen-bond acceptors (Lipinski definition) is 2. The van der Waals surface area contributed by atoms with E-state index in [9.17, 15) is 8.42 Å². The summed E-state index contributed by atoms with van der Waals surface area (Å²) in [4.78, 5) is 0.0507. The molecule has 0 spiro atoms. The van der Waals surface area contributed by atoms with Crippen LogP contribution >= 0.6 is 34.8 Å². The first-order chi connectivity index (χ1) is 10.2. The molecule has 0 bridgehead atoms. The molecule has 0 aromatic heterocycles. The van der Waals surface area contributed by atoms with Crippen LogP contribution < -0.4 is 0 Å². The van der Waals surface area contributed by atoms with Crippen LogP contribution in [0.4, 0.5) is 0 Å². The van der Waals surface area contributed by atoms with E-state index < -0.39 is 13.8 Å². The van der Waals surface area contributed by atoms with Crippen molar-refractivity contribution in [2.45, 2.75) is 28.5 Å². The van der Waals surface area contributed by atoms with Crippen molar-refractivity contribution < 1.29 is 8.42 Å². The summed E-state index contributed by atoms with van der Waals surface area (Å²) in [5, 5.41) is 0. The predicted molar refractivity (Wildman–Crippen MR) is 94.9 cm³/mol. The number of benzene rings is 1. The maximum atomic E-state index is 12.4. The third-order valence-corrected chi connectivity index (χ3v) is 6.74. The number of sulfonamides is 1. The fourth-order valence-corrected chi connectivity index (χ4v) is 5.33. The van der Waals surface area contributed by atoms with Crippen LogP contribution in [0.25, 0.3) is 0 Å². The van der Waals surface area contributed by atoms with Crippen LogP contribution in [0.1, 0.15) is 18.4 Å². The second-order valence-corrected chi connectivity index (χ2v) is 10.7. The standard InChI is InChI=1S/C13H15Cl3N2O2S2/c1-10-4-6-11(7-5-10)22(19,20)18-12(13(14,15)16)17-21-8-2-3-9-21/h4-7H,2-3,8-9H2,1H3. The molecule has 0 unspecified atom stereocenters. The Balaban J connectivity index is 2.43. The molecule has 22 heavy (non-hydrogen) atoms. The summed E-state index contributed by atoms with van der Waals surface area (Å²) in [6.45, 7) is 1.86. The Morgan fingerprint density at radius 2 is 1.68 bits per heavy atom. The molecule has 0 N–H and O–H groups in total. The molecular weight excluding hydrogens is 387 g/mol. The van der Waals surface area contributed by atoms with Gasteiger partial charge in [-0.1, -0.05) is 63.2 Å². The smallest absolute Gasteiger partial charge is 0.207 e. The fourth-order valence-electron chi connectivity index (χ4n) is 1.85. The molecule has 1 saturated heterocycles. The van der Waals surface area contributed by atoms with Crippen LogP contribution in [-0.4, -0.2) is 29.6 Å². The summed E-state index contributed by atoms with van der Waals surface area (Å²) in [5.41, 5.74) is 0.946. The second-order valence-electron chi connectivity index (χ2n) is 4.87. The first kappa shape index (κ1) is 18.2. The van der Waals surface area contributed by atoms with Crippen LogP contribution in [0.3, 0.4) is 0 Å². The molecule has 122 valence electrons. The largest absolute Gasteiger partial charge is 0.284 e. The summed E-state index contributed by atoms with van der Waals surface area (Å²) in [6, 6.07) is 6.32. The molecule has 0 atom stereocenters. The van der Waals surface area contributed by atoms with Gasteiger partial charge in [-0.25, -0.2) is 4.36 Å². The van der Waals surface area contributed by atoms with Crippen LogP contribution in [0.2, 0.25) is 0 Å². The third kappa shape index (κ3) is 4.93. The highest BCUT2D eigenvalue weighted by atomic mass is 35.6. The minimum atomic E-state index is -3.96. The van der Waals surface area contributed by atoms with Crippen molar-refractivity contribution in [3.63, 3.8) is 0 Å². The molecule has 1 aromatic carbocycles. The lowest BCUT2D eigenvalue weighted by atomic mass is 10.2. The molecule has 1 aliphatic heterocycles. The molecule has 1 aromatic rings. The van der Waals surface area contributed by atoms with Crippen molar-refractivity contribution in [3.8, 4) is 0 Å². The van der Waals surface area contributed by atoms with E-state index in [1.165, 1.54) is 12.1 Å². The first-order valence-electron chi connectivity index (χ1n) is 6.57. The highest BCUT2D eigenvalue weighted by Gasteiger charge is 2.31. The third-order valence-electron chi connectivity index (χ3n) is 3.00. The number of alkyl halides is 3. The van der Waals surface area contributed by atoms with Crippen LogP contribution in [0.5, 0.6) is 0 Å². The SMILES string of the molecule is Cc1ccc(S(=O)(=O)N=C(N=S2CCCC2)C(Cl)(Cl)Cl)cc1. The molecule has 1 fully saturated rings. The van der Waals surface area contributed by atoms with Gasteiger partial charge in [-0.05, 0) is 31.9 Å². The Morgan fingerprint density at radius 3 is 2.18 bits per heavy atom. The van der Waals surface area contributed by atoms with Gasteiger partial charge in [-0.3, -0.25) is 0 Å². The van der Waals surface area contributed by atoms with Crippen molar-refractivity contribution >= 4 is 61.4 Å². The molecule has 0 radical (unpaired) electrons. The van der Waals surface area contributed by atoms with E-state index in [-0.39, 0.29) is 21.4 Å². The zero-order chi connectivity index (χ0) is 16.4. The minimum absolute atomic E-state index is 0.0507. The van der Waals surface area contributed by atoms with Gasteiger partial charge < -0.3 is 0 Å². The number of aryl methyl sites for hydroxylation is 1. The Bertz CT molecular complexity index is 700. The quantitative estimate of drug-likeness (QED) is 0.426.